The Morgan fingerprint density at radius 3 is 2.54 bits per heavy atom. The molecular weight excluding hydrogens is 330 g/mol. The van der Waals surface area contributed by atoms with Gasteiger partial charge in [0.15, 0.2) is 11.8 Å². The molecule has 134 valence electrons. The zero-order valence-electron chi connectivity index (χ0n) is 14.7. The molecule has 1 amide bonds. The molecule has 2 aromatic carbocycles. The van der Waals surface area contributed by atoms with Gasteiger partial charge in [0.05, 0.1) is 5.52 Å². The number of esters is 1. The molecule has 0 bridgehead atoms. The van der Waals surface area contributed by atoms with Gasteiger partial charge < -0.3 is 10.1 Å². The number of nitrogens with zero attached hydrogens (tertiary/aromatic N) is 1. The first kappa shape index (κ1) is 17.7. The molecule has 3 aromatic rings. The van der Waals surface area contributed by atoms with Crippen LogP contribution in [0.15, 0.2) is 54.6 Å². The van der Waals surface area contributed by atoms with E-state index in [2.05, 4.69) is 15.5 Å². The van der Waals surface area contributed by atoms with Crippen molar-refractivity contribution in [3.05, 3.63) is 65.9 Å². The zero-order chi connectivity index (χ0) is 18.5. The van der Waals surface area contributed by atoms with Crippen molar-refractivity contribution in [2.75, 3.05) is 6.54 Å². The molecule has 0 unspecified atom stereocenters. The summed E-state index contributed by atoms with van der Waals surface area (Å²) < 4.78 is 5.27. The maximum atomic E-state index is 12.3. The van der Waals surface area contributed by atoms with E-state index in [9.17, 15) is 9.59 Å². The number of nitrogens with one attached hydrogen (secondary N) is 2. The van der Waals surface area contributed by atoms with Gasteiger partial charge in [-0.05, 0) is 24.5 Å². The minimum atomic E-state index is -0.902. The predicted octanol–water partition coefficient (Wildman–Crippen LogP) is 3.03. The lowest BCUT2D eigenvalue weighted by atomic mass is 10.0. The number of hydrogen-bond donors (Lipinski definition) is 2. The number of aromatic amines is 1. The number of carbonyl (C=O) groups excluding carboxylic acids is 2. The third kappa shape index (κ3) is 3.91. The van der Waals surface area contributed by atoms with Crippen LogP contribution in [-0.2, 0) is 9.53 Å². The molecule has 0 radical (unpaired) electrons. The van der Waals surface area contributed by atoms with Gasteiger partial charge in [0.2, 0.25) is 0 Å². The van der Waals surface area contributed by atoms with Crippen molar-refractivity contribution in [2.24, 2.45) is 0 Å². The molecule has 6 heteroatoms. The number of hydrogen-bond acceptors (Lipinski definition) is 4. The smallest absolute Gasteiger partial charge is 0.360 e. The third-order valence-electron chi connectivity index (χ3n) is 4.27. The number of para-hydroxylation sites is 1. The van der Waals surface area contributed by atoms with E-state index in [0.29, 0.717) is 11.9 Å². The van der Waals surface area contributed by atoms with Gasteiger partial charge in [0.1, 0.15) is 0 Å². The molecule has 0 aliphatic rings. The van der Waals surface area contributed by atoms with E-state index in [0.717, 1.165) is 11.1 Å². The van der Waals surface area contributed by atoms with E-state index in [4.69, 9.17) is 4.74 Å². The zero-order valence-corrected chi connectivity index (χ0v) is 14.7. The number of rotatable bonds is 6. The predicted molar refractivity (Wildman–Crippen MR) is 98.8 cm³/mol. The molecule has 0 saturated carbocycles. The van der Waals surface area contributed by atoms with Crippen molar-refractivity contribution < 1.29 is 14.3 Å². The average Bonchev–Trinajstić information content (AvgIpc) is 3.10. The summed E-state index contributed by atoms with van der Waals surface area (Å²) in [6.45, 7) is 4.05. The highest BCUT2D eigenvalue weighted by Gasteiger charge is 2.22. The van der Waals surface area contributed by atoms with Crippen LogP contribution in [0.1, 0.15) is 35.8 Å². The van der Waals surface area contributed by atoms with E-state index in [1.54, 1.807) is 13.0 Å². The topological polar surface area (TPSA) is 84.1 Å². The van der Waals surface area contributed by atoms with Gasteiger partial charge >= 0.3 is 5.97 Å². The molecule has 0 saturated heterocycles. The molecule has 0 spiro atoms. The van der Waals surface area contributed by atoms with Crippen LogP contribution < -0.4 is 5.32 Å². The number of fused-ring (bicyclic) bond motifs is 1. The van der Waals surface area contributed by atoms with Crippen LogP contribution in [0.25, 0.3) is 10.9 Å². The summed E-state index contributed by atoms with van der Waals surface area (Å²) in [5.41, 5.74) is 2.06. The molecule has 0 aliphatic heterocycles. The molecule has 2 N–H and O–H groups in total. The van der Waals surface area contributed by atoms with Gasteiger partial charge in [0.25, 0.3) is 5.91 Å². The van der Waals surface area contributed by atoms with Crippen LogP contribution in [0.3, 0.4) is 0 Å². The molecule has 26 heavy (non-hydrogen) atoms. The van der Waals surface area contributed by atoms with Crippen molar-refractivity contribution >= 4 is 22.8 Å². The van der Waals surface area contributed by atoms with Gasteiger partial charge in [-0.2, -0.15) is 5.10 Å². The van der Waals surface area contributed by atoms with E-state index in [-0.39, 0.29) is 17.5 Å². The molecule has 1 heterocycles. The number of benzene rings is 2. The van der Waals surface area contributed by atoms with Crippen molar-refractivity contribution in [3.8, 4) is 0 Å². The number of carbonyl (C=O) groups is 2. The number of aromatic nitrogens is 2. The third-order valence-corrected chi connectivity index (χ3v) is 4.27. The first-order valence-corrected chi connectivity index (χ1v) is 8.53. The largest absolute Gasteiger partial charge is 0.448 e. The Labute approximate surface area is 151 Å². The normalized spacial score (nSPS) is 13.2. The van der Waals surface area contributed by atoms with Gasteiger partial charge in [0, 0.05) is 11.9 Å². The summed E-state index contributed by atoms with van der Waals surface area (Å²) in [4.78, 5) is 24.5. The minimum absolute atomic E-state index is 0.165. The molecule has 6 nitrogen and oxygen atoms in total. The Morgan fingerprint density at radius 1 is 1.08 bits per heavy atom. The minimum Gasteiger partial charge on any atom is -0.448 e. The number of ether oxygens (including phenoxy) is 1. The molecule has 3 rings (SSSR count). The highest BCUT2D eigenvalue weighted by molar-refractivity contribution is 6.02. The van der Waals surface area contributed by atoms with Crippen LogP contribution in [0, 0.1) is 0 Å². The van der Waals surface area contributed by atoms with E-state index < -0.39 is 12.1 Å². The second-order valence-corrected chi connectivity index (χ2v) is 6.22. The number of H-pyrrole nitrogens is 1. The van der Waals surface area contributed by atoms with Gasteiger partial charge in [-0.3, -0.25) is 9.89 Å². The second kappa shape index (κ2) is 7.82. The summed E-state index contributed by atoms with van der Waals surface area (Å²) in [6.07, 6.45) is -0.902. The van der Waals surface area contributed by atoms with Crippen LogP contribution >= 0.6 is 0 Å². The fourth-order valence-corrected chi connectivity index (χ4v) is 2.69. The summed E-state index contributed by atoms with van der Waals surface area (Å²) >= 11 is 0. The van der Waals surface area contributed by atoms with Crippen molar-refractivity contribution in [2.45, 2.75) is 25.9 Å². The van der Waals surface area contributed by atoms with Crippen molar-refractivity contribution in [3.63, 3.8) is 0 Å². The van der Waals surface area contributed by atoms with E-state index in [1.807, 2.05) is 55.5 Å². The van der Waals surface area contributed by atoms with E-state index >= 15 is 0 Å². The molecule has 1 aromatic heterocycles. The molecule has 2 atom stereocenters. The summed E-state index contributed by atoms with van der Waals surface area (Å²) in [7, 11) is 0. The highest BCUT2D eigenvalue weighted by Crippen LogP contribution is 2.17. The van der Waals surface area contributed by atoms with Crippen LogP contribution in [0.4, 0.5) is 0 Å². The monoisotopic (exact) mass is 351 g/mol. The fraction of sp³-hybridized carbons (Fsp3) is 0.250. The lowest BCUT2D eigenvalue weighted by Crippen LogP contribution is -2.37. The highest BCUT2D eigenvalue weighted by atomic mass is 16.5. The number of amides is 1. The Hall–Kier alpha value is -3.15. The van der Waals surface area contributed by atoms with Crippen molar-refractivity contribution in [1.82, 2.24) is 15.5 Å². The maximum absolute atomic E-state index is 12.3. The van der Waals surface area contributed by atoms with Crippen LogP contribution in [-0.4, -0.2) is 34.7 Å². The SMILES string of the molecule is C[C@H](OC(=O)c1n[nH]c2ccccc12)C(=O)NC[C@H](C)c1ccccc1. The lowest BCUT2D eigenvalue weighted by Gasteiger charge is -2.16. The Balaban J connectivity index is 1.56. The Kier molecular flexibility index (Phi) is 5.31. The van der Waals surface area contributed by atoms with Gasteiger partial charge in [-0.25, -0.2) is 4.79 Å². The van der Waals surface area contributed by atoms with Gasteiger partial charge in [-0.15, -0.1) is 0 Å². The van der Waals surface area contributed by atoms with Crippen molar-refractivity contribution in [1.29, 1.82) is 0 Å². The first-order valence-electron chi connectivity index (χ1n) is 8.53. The quantitative estimate of drug-likeness (QED) is 0.669. The summed E-state index contributed by atoms with van der Waals surface area (Å²) in [5, 5.41) is 10.3. The second-order valence-electron chi connectivity index (χ2n) is 6.22. The Morgan fingerprint density at radius 2 is 1.77 bits per heavy atom. The van der Waals surface area contributed by atoms with Gasteiger partial charge in [-0.1, -0.05) is 55.5 Å². The summed E-state index contributed by atoms with van der Waals surface area (Å²) in [6, 6.07) is 17.2. The standard InChI is InChI=1S/C20H21N3O3/c1-13(15-8-4-3-5-9-15)12-21-19(24)14(2)26-20(25)18-16-10-6-7-11-17(16)22-23-18/h3-11,13-14H,12H2,1-2H3,(H,21,24)(H,22,23)/t13-,14-/m0/s1. The fourth-order valence-electron chi connectivity index (χ4n) is 2.69. The van der Waals surface area contributed by atoms with Crippen LogP contribution in [0.2, 0.25) is 0 Å². The maximum Gasteiger partial charge on any atom is 0.360 e. The summed E-state index contributed by atoms with van der Waals surface area (Å²) in [5.74, 6) is -0.791. The van der Waals surface area contributed by atoms with E-state index in [1.165, 1.54) is 0 Å². The molecule has 0 aliphatic carbocycles. The van der Waals surface area contributed by atoms with Crippen LogP contribution in [0.5, 0.6) is 0 Å². The molecular formula is C20H21N3O3. The first-order chi connectivity index (χ1) is 12.6. The molecule has 0 fully saturated rings. The average molecular weight is 351 g/mol. The Bertz CT molecular complexity index is 905. The lowest BCUT2D eigenvalue weighted by molar-refractivity contribution is -0.129.